The molecule has 6 heteroatoms. The molecule has 0 spiro atoms. The highest BCUT2D eigenvalue weighted by molar-refractivity contribution is 5.93. The molecule has 0 fully saturated rings. The molecule has 6 nitrogen and oxygen atoms in total. The second-order valence-corrected chi connectivity index (χ2v) is 4.50. The van der Waals surface area contributed by atoms with E-state index in [0.717, 1.165) is 16.9 Å². The van der Waals surface area contributed by atoms with Crippen molar-refractivity contribution in [3.8, 4) is 11.8 Å². The number of aromatic nitrogens is 2. The maximum atomic E-state index is 11.3. The number of ether oxygens (including phenoxy) is 1. The van der Waals surface area contributed by atoms with Crippen molar-refractivity contribution in [3.05, 3.63) is 41.7 Å². The predicted octanol–water partition coefficient (Wildman–Crippen LogP) is 1.61. The van der Waals surface area contributed by atoms with Crippen LogP contribution in [0.15, 0.2) is 30.5 Å². The van der Waals surface area contributed by atoms with Gasteiger partial charge >= 0.3 is 6.01 Å². The number of carbonyl (C=O) groups excluding carboxylic acids is 1. The van der Waals surface area contributed by atoms with Crippen LogP contribution in [-0.2, 0) is 17.8 Å². The third-order valence-corrected chi connectivity index (χ3v) is 3.08. The van der Waals surface area contributed by atoms with Gasteiger partial charge in [-0.1, -0.05) is 0 Å². The van der Waals surface area contributed by atoms with Crippen LogP contribution >= 0.6 is 0 Å². The van der Waals surface area contributed by atoms with Crippen molar-refractivity contribution in [1.29, 1.82) is 0 Å². The summed E-state index contributed by atoms with van der Waals surface area (Å²) >= 11 is 0. The number of anilines is 1. The van der Waals surface area contributed by atoms with E-state index in [1.807, 2.05) is 12.1 Å². The fourth-order valence-electron chi connectivity index (χ4n) is 2.07. The van der Waals surface area contributed by atoms with Crippen molar-refractivity contribution in [2.45, 2.75) is 19.4 Å². The summed E-state index contributed by atoms with van der Waals surface area (Å²) in [5.41, 5.74) is 8.14. The van der Waals surface area contributed by atoms with E-state index in [0.29, 0.717) is 25.1 Å². The summed E-state index contributed by atoms with van der Waals surface area (Å²) in [6, 6.07) is 7.52. The summed E-state index contributed by atoms with van der Waals surface area (Å²) in [4.78, 5) is 19.5. The first-order valence-electron chi connectivity index (χ1n) is 6.37. The molecule has 0 atom stereocenters. The number of nitrogens with zero attached hydrogens (tertiary/aromatic N) is 2. The number of nitrogens with one attached hydrogen (secondary N) is 1. The van der Waals surface area contributed by atoms with E-state index in [2.05, 4.69) is 15.3 Å². The average molecular weight is 270 g/mol. The second kappa shape index (κ2) is 5.26. The van der Waals surface area contributed by atoms with Crippen molar-refractivity contribution in [3.63, 3.8) is 0 Å². The molecule has 1 aliphatic rings. The molecule has 3 N–H and O–H groups in total. The van der Waals surface area contributed by atoms with Crippen molar-refractivity contribution < 1.29 is 9.53 Å². The monoisotopic (exact) mass is 270 g/mol. The summed E-state index contributed by atoms with van der Waals surface area (Å²) in [7, 11) is 0. The highest BCUT2D eigenvalue weighted by atomic mass is 16.5. The van der Waals surface area contributed by atoms with E-state index in [-0.39, 0.29) is 11.9 Å². The molecule has 3 rings (SSSR count). The van der Waals surface area contributed by atoms with Gasteiger partial charge in [0.1, 0.15) is 5.75 Å². The summed E-state index contributed by atoms with van der Waals surface area (Å²) in [5.74, 6) is 0.694. The number of aryl methyl sites for hydroxylation is 1. The van der Waals surface area contributed by atoms with E-state index in [1.165, 1.54) is 0 Å². The highest BCUT2D eigenvalue weighted by Gasteiger charge is 2.15. The Morgan fingerprint density at radius 1 is 1.30 bits per heavy atom. The molecule has 0 saturated heterocycles. The molecule has 0 radical (unpaired) electrons. The Balaban J connectivity index is 1.82. The predicted molar refractivity (Wildman–Crippen MR) is 73.4 cm³/mol. The Bertz CT molecular complexity index is 657. The van der Waals surface area contributed by atoms with E-state index in [4.69, 9.17) is 10.5 Å². The van der Waals surface area contributed by atoms with Gasteiger partial charge in [-0.05, 0) is 36.2 Å². The van der Waals surface area contributed by atoms with Crippen LogP contribution in [0.5, 0.6) is 11.8 Å². The van der Waals surface area contributed by atoms with Crippen molar-refractivity contribution in [2.75, 3.05) is 5.32 Å². The minimum Gasteiger partial charge on any atom is -0.424 e. The van der Waals surface area contributed by atoms with Crippen LogP contribution in [0.25, 0.3) is 0 Å². The van der Waals surface area contributed by atoms with Crippen LogP contribution in [0.3, 0.4) is 0 Å². The number of hydrogen-bond acceptors (Lipinski definition) is 5. The van der Waals surface area contributed by atoms with Gasteiger partial charge in [0.15, 0.2) is 0 Å². The Morgan fingerprint density at radius 2 is 2.20 bits per heavy atom. The minimum absolute atomic E-state index is 0.0464. The lowest BCUT2D eigenvalue weighted by molar-refractivity contribution is -0.116. The van der Waals surface area contributed by atoms with E-state index >= 15 is 0 Å². The second-order valence-electron chi connectivity index (χ2n) is 4.50. The quantitative estimate of drug-likeness (QED) is 0.884. The first kappa shape index (κ1) is 12.6. The number of amides is 1. The first-order valence-corrected chi connectivity index (χ1v) is 6.37. The van der Waals surface area contributed by atoms with E-state index in [1.54, 1.807) is 18.3 Å². The van der Waals surface area contributed by atoms with Crippen molar-refractivity contribution in [1.82, 2.24) is 9.97 Å². The van der Waals surface area contributed by atoms with Gasteiger partial charge in [0, 0.05) is 24.8 Å². The van der Waals surface area contributed by atoms with Crippen LogP contribution in [-0.4, -0.2) is 15.9 Å². The third kappa shape index (κ3) is 2.60. The summed E-state index contributed by atoms with van der Waals surface area (Å²) in [6.45, 7) is 0.342. The maximum Gasteiger partial charge on any atom is 0.322 e. The smallest absolute Gasteiger partial charge is 0.322 e. The number of benzene rings is 1. The zero-order chi connectivity index (χ0) is 13.9. The number of carbonyl (C=O) groups is 1. The van der Waals surface area contributed by atoms with Crippen LogP contribution in [0.2, 0.25) is 0 Å². The fraction of sp³-hybridized carbons (Fsp3) is 0.214. The topological polar surface area (TPSA) is 90.1 Å². The third-order valence-electron chi connectivity index (χ3n) is 3.08. The SMILES string of the molecule is NCc1ccnc(Oc2ccc3c(c2)CCC(=O)N3)n1. The molecule has 0 bridgehead atoms. The minimum atomic E-state index is 0.0464. The normalized spacial score (nSPS) is 13.6. The Labute approximate surface area is 116 Å². The van der Waals surface area contributed by atoms with Crippen LogP contribution in [0.1, 0.15) is 17.7 Å². The molecule has 1 aromatic heterocycles. The first-order chi connectivity index (χ1) is 9.74. The number of nitrogens with two attached hydrogens (primary N) is 1. The molecule has 0 aliphatic carbocycles. The molecule has 20 heavy (non-hydrogen) atoms. The van der Waals surface area contributed by atoms with Crippen molar-refractivity contribution in [2.24, 2.45) is 5.73 Å². The summed E-state index contributed by atoms with van der Waals surface area (Å²) in [5, 5.41) is 2.83. The Hall–Kier alpha value is -2.47. The van der Waals surface area contributed by atoms with Gasteiger partial charge in [0.05, 0.1) is 5.69 Å². The van der Waals surface area contributed by atoms with Crippen LogP contribution in [0, 0.1) is 0 Å². The Kier molecular flexibility index (Phi) is 3.30. The number of fused-ring (bicyclic) bond motifs is 1. The lowest BCUT2D eigenvalue weighted by Gasteiger charge is -2.17. The largest absolute Gasteiger partial charge is 0.424 e. The van der Waals surface area contributed by atoms with E-state index < -0.39 is 0 Å². The Morgan fingerprint density at radius 3 is 3.05 bits per heavy atom. The molecule has 1 amide bonds. The zero-order valence-corrected chi connectivity index (χ0v) is 10.8. The molecule has 2 aromatic rings. The summed E-state index contributed by atoms with van der Waals surface area (Å²) in [6.07, 6.45) is 2.82. The van der Waals surface area contributed by atoms with Gasteiger partial charge < -0.3 is 15.8 Å². The molecule has 2 heterocycles. The van der Waals surface area contributed by atoms with Gasteiger partial charge in [0.2, 0.25) is 5.91 Å². The highest BCUT2D eigenvalue weighted by Crippen LogP contribution is 2.28. The van der Waals surface area contributed by atoms with Gasteiger partial charge in [0.25, 0.3) is 0 Å². The lowest BCUT2D eigenvalue weighted by atomic mass is 10.0. The molecule has 0 saturated carbocycles. The van der Waals surface area contributed by atoms with E-state index in [9.17, 15) is 4.79 Å². The summed E-state index contributed by atoms with van der Waals surface area (Å²) < 4.78 is 5.62. The van der Waals surface area contributed by atoms with Gasteiger partial charge in [-0.3, -0.25) is 4.79 Å². The van der Waals surface area contributed by atoms with Gasteiger partial charge in [-0.15, -0.1) is 0 Å². The molecular formula is C14H14N4O2. The lowest BCUT2D eigenvalue weighted by Crippen LogP contribution is -2.18. The standard InChI is InChI=1S/C14H14N4O2/c15-8-10-5-6-16-14(17-10)20-11-2-3-12-9(7-11)1-4-13(19)18-12/h2-3,5-7H,1,4,8,15H2,(H,18,19). The molecule has 1 aromatic carbocycles. The average Bonchev–Trinajstić information content (AvgIpc) is 2.47. The van der Waals surface area contributed by atoms with Gasteiger partial charge in [-0.2, -0.15) is 4.98 Å². The molecule has 1 aliphatic heterocycles. The maximum absolute atomic E-state index is 11.3. The molecule has 0 unspecified atom stereocenters. The van der Waals surface area contributed by atoms with Crippen molar-refractivity contribution >= 4 is 11.6 Å². The van der Waals surface area contributed by atoms with Crippen LogP contribution < -0.4 is 15.8 Å². The fourth-order valence-corrected chi connectivity index (χ4v) is 2.07. The van der Waals surface area contributed by atoms with Crippen LogP contribution in [0.4, 0.5) is 5.69 Å². The number of rotatable bonds is 3. The zero-order valence-electron chi connectivity index (χ0n) is 10.8. The molecular weight excluding hydrogens is 256 g/mol. The van der Waals surface area contributed by atoms with Gasteiger partial charge in [-0.25, -0.2) is 4.98 Å². The number of hydrogen-bond donors (Lipinski definition) is 2. The molecule has 102 valence electrons.